The second kappa shape index (κ2) is 13.0. The van der Waals surface area contributed by atoms with E-state index in [0.29, 0.717) is 16.3 Å². The number of methoxy groups -OCH3 is 1. The summed E-state index contributed by atoms with van der Waals surface area (Å²) in [4.78, 5) is 48.8. The molecule has 1 rings (SSSR count). The van der Waals surface area contributed by atoms with Crippen LogP contribution in [0.15, 0.2) is 30.9 Å². The number of benzene rings is 1. The highest BCUT2D eigenvalue weighted by Crippen LogP contribution is 2.25. The zero-order valence-corrected chi connectivity index (χ0v) is 20.9. The van der Waals surface area contributed by atoms with Gasteiger partial charge in [-0.25, -0.2) is 4.79 Å². The van der Waals surface area contributed by atoms with Gasteiger partial charge in [0, 0.05) is 13.0 Å². The van der Waals surface area contributed by atoms with Gasteiger partial charge in [0.15, 0.2) is 6.10 Å². The van der Waals surface area contributed by atoms with E-state index in [1.807, 2.05) is 13.8 Å². The second-order valence-electron chi connectivity index (χ2n) is 8.90. The van der Waals surface area contributed by atoms with Crippen LogP contribution in [0.3, 0.4) is 0 Å². The van der Waals surface area contributed by atoms with Crippen molar-refractivity contribution in [3.63, 3.8) is 0 Å². The molecule has 0 saturated carbocycles. The molecule has 188 valence electrons. The molecule has 10 heteroatoms. The van der Waals surface area contributed by atoms with E-state index in [2.05, 4.69) is 17.2 Å². The van der Waals surface area contributed by atoms with Crippen molar-refractivity contribution in [3.05, 3.63) is 41.4 Å². The van der Waals surface area contributed by atoms with E-state index in [1.165, 1.54) is 21.0 Å². The fourth-order valence-corrected chi connectivity index (χ4v) is 3.21. The average molecular weight is 497 g/mol. The Kier molecular flexibility index (Phi) is 11.1. The van der Waals surface area contributed by atoms with E-state index in [9.17, 15) is 24.3 Å². The maximum absolute atomic E-state index is 12.9. The summed E-state index contributed by atoms with van der Waals surface area (Å²) in [5.41, 5.74) is -0.538. The molecule has 9 nitrogen and oxygen atoms in total. The SMILES string of the molecule is C=CC(=O)N[C@H](Cc1ccc(OC)c(Cl)c1)C(=O)NCC(C)(C)C(=O)O[C@@H](CC(C)C)C(=O)O. The highest BCUT2D eigenvalue weighted by Gasteiger charge is 2.35. The van der Waals surface area contributed by atoms with Crippen LogP contribution in [0.25, 0.3) is 0 Å². The molecule has 0 spiro atoms. The summed E-state index contributed by atoms with van der Waals surface area (Å²) in [5, 5.41) is 14.9. The lowest BCUT2D eigenvalue weighted by molar-refractivity contribution is -0.171. The van der Waals surface area contributed by atoms with Gasteiger partial charge >= 0.3 is 11.9 Å². The summed E-state index contributed by atoms with van der Waals surface area (Å²) in [5.74, 6) is -2.59. The Morgan fingerprint density at radius 1 is 1.24 bits per heavy atom. The van der Waals surface area contributed by atoms with Crippen LogP contribution < -0.4 is 15.4 Å². The molecule has 0 bridgehead atoms. The Labute approximate surface area is 204 Å². The summed E-state index contributed by atoms with van der Waals surface area (Å²) in [6, 6.07) is 4.02. The summed E-state index contributed by atoms with van der Waals surface area (Å²) in [7, 11) is 1.48. The number of carbonyl (C=O) groups excluding carboxylic acids is 3. The second-order valence-corrected chi connectivity index (χ2v) is 9.31. The molecule has 1 aromatic rings. The van der Waals surface area contributed by atoms with E-state index >= 15 is 0 Å². The molecule has 34 heavy (non-hydrogen) atoms. The highest BCUT2D eigenvalue weighted by molar-refractivity contribution is 6.32. The molecule has 2 atom stereocenters. The van der Waals surface area contributed by atoms with Gasteiger partial charge in [0.25, 0.3) is 0 Å². The third-order valence-electron chi connectivity index (χ3n) is 4.94. The molecular weight excluding hydrogens is 464 g/mol. The van der Waals surface area contributed by atoms with Crippen molar-refractivity contribution in [1.82, 2.24) is 10.6 Å². The van der Waals surface area contributed by atoms with E-state index in [1.54, 1.807) is 18.2 Å². The number of rotatable bonds is 13. The lowest BCUT2D eigenvalue weighted by Crippen LogP contribution is -2.50. The molecule has 2 amide bonds. The molecule has 0 aliphatic carbocycles. The zero-order chi connectivity index (χ0) is 26.1. The number of nitrogens with one attached hydrogen (secondary N) is 2. The Balaban J connectivity index is 2.91. The predicted octanol–water partition coefficient (Wildman–Crippen LogP) is 2.75. The van der Waals surface area contributed by atoms with Crippen molar-refractivity contribution in [1.29, 1.82) is 0 Å². The van der Waals surface area contributed by atoms with Crippen LogP contribution in [0.1, 0.15) is 39.7 Å². The van der Waals surface area contributed by atoms with Gasteiger partial charge < -0.3 is 25.2 Å². The van der Waals surface area contributed by atoms with Gasteiger partial charge in [0.1, 0.15) is 11.8 Å². The van der Waals surface area contributed by atoms with E-state index in [4.69, 9.17) is 21.1 Å². The maximum atomic E-state index is 12.9. The van der Waals surface area contributed by atoms with Crippen LogP contribution in [0.2, 0.25) is 5.02 Å². The molecule has 0 aliphatic heterocycles. The number of esters is 1. The number of hydrogen-bond acceptors (Lipinski definition) is 6. The standard InChI is InChI=1S/C24H33ClN2O7/c1-7-20(28)27-17(12-15-8-9-18(33-6)16(25)11-15)21(29)26-13-24(4,5)23(32)34-19(22(30)31)10-14(2)3/h7-9,11,14,17,19H,1,10,12-13H2,2-6H3,(H,26,29)(H,27,28)(H,30,31)/t17-,19+/m1/s1. The molecule has 0 aromatic heterocycles. The van der Waals surface area contributed by atoms with Gasteiger partial charge in [-0.1, -0.05) is 38.1 Å². The Hall–Kier alpha value is -3.07. The van der Waals surface area contributed by atoms with Crippen molar-refractivity contribution in [3.8, 4) is 5.75 Å². The number of aliphatic carboxylic acids is 1. The molecule has 1 aromatic carbocycles. The van der Waals surface area contributed by atoms with Crippen molar-refractivity contribution in [2.24, 2.45) is 11.3 Å². The Morgan fingerprint density at radius 3 is 2.38 bits per heavy atom. The maximum Gasteiger partial charge on any atom is 0.345 e. The van der Waals surface area contributed by atoms with Gasteiger partial charge in [-0.2, -0.15) is 0 Å². The fraction of sp³-hybridized carbons (Fsp3) is 0.500. The number of carboxylic acid groups (broad SMARTS) is 1. The summed E-state index contributed by atoms with van der Waals surface area (Å²) < 4.78 is 10.3. The minimum absolute atomic E-state index is 0.0115. The summed E-state index contributed by atoms with van der Waals surface area (Å²) in [6.45, 7) is 9.97. The first-order chi connectivity index (χ1) is 15.8. The lowest BCUT2D eigenvalue weighted by Gasteiger charge is -2.27. The van der Waals surface area contributed by atoms with Crippen LogP contribution in [0.5, 0.6) is 5.75 Å². The number of ether oxygens (including phenoxy) is 2. The van der Waals surface area contributed by atoms with Crippen LogP contribution in [0, 0.1) is 11.3 Å². The summed E-state index contributed by atoms with van der Waals surface area (Å²) in [6.07, 6.45) is 0.0597. The van der Waals surface area contributed by atoms with Crippen LogP contribution in [-0.4, -0.2) is 54.7 Å². The first-order valence-corrected chi connectivity index (χ1v) is 11.2. The molecule has 0 unspecified atom stereocenters. The van der Waals surface area contributed by atoms with Crippen molar-refractivity contribution in [2.75, 3.05) is 13.7 Å². The third kappa shape index (κ3) is 9.05. The number of hydrogen-bond donors (Lipinski definition) is 3. The largest absolute Gasteiger partial charge is 0.495 e. The topological polar surface area (TPSA) is 131 Å². The quantitative estimate of drug-likeness (QED) is 0.282. The molecule has 0 saturated heterocycles. The fourth-order valence-electron chi connectivity index (χ4n) is 2.93. The molecule has 3 N–H and O–H groups in total. The van der Waals surface area contributed by atoms with Crippen LogP contribution in [-0.2, 0) is 30.3 Å². The first kappa shape index (κ1) is 29.0. The molecular formula is C24H33ClN2O7. The smallest absolute Gasteiger partial charge is 0.345 e. The van der Waals surface area contributed by atoms with Gasteiger partial charge in [0.2, 0.25) is 11.8 Å². The third-order valence-corrected chi connectivity index (χ3v) is 5.24. The van der Waals surface area contributed by atoms with Gasteiger partial charge in [-0.05, 0) is 50.0 Å². The Morgan fingerprint density at radius 2 is 1.88 bits per heavy atom. The number of amides is 2. The number of halogens is 1. The van der Waals surface area contributed by atoms with Gasteiger partial charge in [-0.15, -0.1) is 0 Å². The van der Waals surface area contributed by atoms with Gasteiger partial charge in [-0.3, -0.25) is 14.4 Å². The lowest BCUT2D eigenvalue weighted by atomic mass is 9.93. The van der Waals surface area contributed by atoms with E-state index < -0.39 is 41.3 Å². The van der Waals surface area contributed by atoms with Crippen molar-refractivity contribution in [2.45, 2.75) is 52.7 Å². The monoisotopic (exact) mass is 496 g/mol. The molecule has 0 fully saturated rings. The number of carboxylic acids is 1. The zero-order valence-electron chi connectivity index (χ0n) is 20.1. The van der Waals surface area contributed by atoms with Crippen LogP contribution >= 0.6 is 11.6 Å². The average Bonchev–Trinajstić information content (AvgIpc) is 2.76. The molecule has 0 radical (unpaired) electrons. The number of carbonyl (C=O) groups is 4. The molecule has 0 aliphatic rings. The van der Waals surface area contributed by atoms with Gasteiger partial charge in [0.05, 0.1) is 17.5 Å². The Bertz CT molecular complexity index is 915. The van der Waals surface area contributed by atoms with Crippen LogP contribution in [0.4, 0.5) is 0 Å². The highest BCUT2D eigenvalue weighted by atomic mass is 35.5. The first-order valence-electron chi connectivity index (χ1n) is 10.8. The van der Waals surface area contributed by atoms with Crippen molar-refractivity contribution < 1.29 is 33.8 Å². The molecule has 0 heterocycles. The minimum atomic E-state index is -1.28. The summed E-state index contributed by atoms with van der Waals surface area (Å²) >= 11 is 6.15. The van der Waals surface area contributed by atoms with E-state index in [0.717, 1.165) is 6.08 Å². The van der Waals surface area contributed by atoms with E-state index in [-0.39, 0.29) is 25.3 Å². The van der Waals surface area contributed by atoms with Crippen molar-refractivity contribution >= 4 is 35.4 Å². The minimum Gasteiger partial charge on any atom is -0.495 e. The normalized spacial score (nSPS) is 12.9. The predicted molar refractivity (Wildman–Crippen MR) is 128 cm³/mol.